The number of hydrogen-bond acceptors (Lipinski definition) is 4. The molecule has 2 rings (SSSR count). The van der Waals surface area contributed by atoms with Gasteiger partial charge in [-0.15, -0.1) is 0 Å². The average Bonchev–Trinajstić information content (AvgIpc) is 2.92. The summed E-state index contributed by atoms with van der Waals surface area (Å²) in [5, 5.41) is 0. The van der Waals surface area contributed by atoms with Gasteiger partial charge in [-0.25, -0.2) is 9.97 Å². The molecule has 0 saturated carbocycles. The molecule has 0 N–H and O–H groups in total. The first-order valence-electron chi connectivity index (χ1n) is 11.8. The van der Waals surface area contributed by atoms with E-state index in [2.05, 4.69) is 42.5 Å². The maximum atomic E-state index is 12.7. The fraction of sp³-hybridized carbons (Fsp3) is 0.792. The monoisotopic (exact) mass is 402 g/mol. The molecule has 1 saturated heterocycles. The van der Waals surface area contributed by atoms with E-state index in [1.54, 1.807) is 0 Å². The highest BCUT2D eigenvalue weighted by Gasteiger charge is 2.23. The van der Waals surface area contributed by atoms with Crippen LogP contribution in [-0.4, -0.2) is 47.0 Å². The predicted molar refractivity (Wildman–Crippen MR) is 122 cm³/mol. The molecule has 164 valence electrons. The number of anilines is 1. The summed E-state index contributed by atoms with van der Waals surface area (Å²) < 4.78 is 0. The van der Waals surface area contributed by atoms with Crippen LogP contribution in [0.1, 0.15) is 102 Å². The lowest BCUT2D eigenvalue weighted by Gasteiger charge is -2.27. The number of carbonyl (C=O) groups excluding carboxylic acids is 1. The molecule has 0 aliphatic carbocycles. The van der Waals surface area contributed by atoms with Crippen LogP contribution >= 0.6 is 0 Å². The summed E-state index contributed by atoms with van der Waals surface area (Å²) >= 11 is 0. The molecular weight excluding hydrogens is 360 g/mol. The third-order valence-electron chi connectivity index (χ3n) is 5.95. The summed E-state index contributed by atoms with van der Waals surface area (Å²) in [7, 11) is 0. The van der Waals surface area contributed by atoms with Gasteiger partial charge in [0.25, 0.3) is 0 Å². The van der Waals surface area contributed by atoms with Gasteiger partial charge < -0.3 is 9.80 Å². The molecule has 0 bridgehead atoms. The van der Waals surface area contributed by atoms with Crippen LogP contribution in [0.15, 0.2) is 0 Å². The molecule has 1 aliphatic heterocycles. The normalized spacial score (nSPS) is 15.1. The Morgan fingerprint density at radius 3 is 2.31 bits per heavy atom. The highest BCUT2D eigenvalue weighted by molar-refractivity contribution is 5.76. The Morgan fingerprint density at radius 2 is 1.62 bits per heavy atom. The van der Waals surface area contributed by atoms with Crippen LogP contribution in [-0.2, 0) is 4.79 Å². The molecule has 0 unspecified atom stereocenters. The van der Waals surface area contributed by atoms with Gasteiger partial charge in [-0.2, -0.15) is 0 Å². The van der Waals surface area contributed by atoms with E-state index in [1.807, 2.05) is 6.92 Å². The molecule has 2 heterocycles. The Bertz CT molecular complexity index is 644. The largest absolute Gasteiger partial charge is 0.354 e. The van der Waals surface area contributed by atoms with Crippen LogP contribution < -0.4 is 4.90 Å². The van der Waals surface area contributed by atoms with E-state index in [4.69, 9.17) is 4.98 Å². The topological polar surface area (TPSA) is 49.3 Å². The first-order valence-corrected chi connectivity index (χ1v) is 11.8. The molecular formula is C24H42N4O. The zero-order valence-corrected chi connectivity index (χ0v) is 19.5. The van der Waals surface area contributed by atoms with Gasteiger partial charge in [0.2, 0.25) is 5.91 Å². The van der Waals surface area contributed by atoms with E-state index in [9.17, 15) is 4.79 Å². The summed E-state index contributed by atoms with van der Waals surface area (Å²) in [5.74, 6) is 2.63. The second kappa shape index (κ2) is 12.1. The Morgan fingerprint density at radius 1 is 0.931 bits per heavy atom. The van der Waals surface area contributed by atoms with E-state index in [0.717, 1.165) is 56.4 Å². The van der Waals surface area contributed by atoms with Crippen LogP contribution in [0.3, 0.4) is 0 Å². The van der Waals surface area contributed by atoms with Crippen LogP contribution in [0, 0.1) is 13.8 Å². The SMILES string of the molecule is CCCCCCCCCC(=O)N1CCCN(c2nc(C)nc(C)c2C(C)C)CC1. The Hall–Kier alpha value is -1.65. The molecule has 0 spiro atoms. The van der Waals surface area contributed by atoms with Crippen LogP contribution in [0.4, 0.5) is 5.82 Å². The van der Waals surface area contributed by atoms with Crippen molar-refractivity contribution in [1.82, 2.24) is 14.9 Å². The summed E-state index contributed by atoms with van der Waals surface area (Å²) in [6.45, 7) is 14.2. The Balaban J connectivity index is 1.87. The highest BCUT2D eigenvalue weighted by Crippen LogP contribution is 2.29. The van der Waals surface area contributed by atoms with E-state index < -0.39 is 0 Å². The molecule has 1 aromatic heterocycles. The number of unbranched alkanes of at least 4 members (excludes halogenated alkanes) is 6. The minimum Gasteiger partial charge on any atom is -0.354 e. The zero-order valence-electron chi connectivity index (χ0n) is 19.5. The summed E-state index contributed by atoms with van der Waals surface area (Å²) in [4.78, 5) is 26.5. The van der Waals surface area contributed by atoms with Crippen molar-refractivity contribution in [3.05, 3.63) is 17.1 Å². The average molecular weight is 403 g/mol. The van der Waals surface area contributed by atoms with Crippen LogP contribution in [0.2, 0.25) is 0 Å². The molecule has 5 heteroatoms. The van der Waals surface area contributed by atoms with Crippen molar-refractivity contribution in [2.45, 2.75) is 98.3 Å². The van der Waals surface area contributed by atoms with Gasteiger partial charge in [0.15, 0.2) is 0 Å². The van der Waals surface area contributed by atoms with Gasteiger partial charge in [-0.05, 0) is 32.6 Å². The summed E-state index contributed by atoms with van der Waals surface area (Å²) in [6.07, 6.45) is 10.5. The maximum absolute atomic E-state index is 12.7. The van der Waals surface area contributed by atoms with Crippen molar-refractivity contribution in [1.29, 1.82) is 0 Å². The zero-order chi connectivity index (χ0) is 21.2. The lowest BCUT2D eigenvalue weighted by molar-refractivity contribution is -0.131. The second-order valence-electron chi connectivity index (χ2n) is 8.84. The predicted octanol–water partition coefficient (Wildman–Crippen LogP) is 5.40. The van der Waals surface area contributed by atoms with Gasteiger partial charge in [0, 0.05) is 43.9 Å². The summed E-state index contributed by atoms with van der Waals surface area (Å²) in [6, 6.07) is 0. The van der Waals surface area contributed by atoms with E-state index in [-0.39, 0.29) is 0 Å². The molecule has 0 atom stereocenters. The third-order valence-corrected chi connectivity index (χ3v) is 5.95. The van der Waals surface area contributed by atoms with Crippen molar-refractivity contribution < 1.29 is 4.79 Å². The van der Waals surface area contributed by atoms with Crippen LogP contribution in [0.5, 0.6) is 0 Å². The minimum atomic E-state index is 0.333. The van der Waals surface area contributed by atoms with Gasteiger partial charge in [-0.1, -0.05) is 59.3 Å². The fourth-order valence-electron chi connectivity index (χ4n) is 4.39. The van der Waals surface area contributed by atoms with E-state index in [0.29, 0.717) is 18.2 Å². The van der Waals surface area contributed by atoms with Crippen molar-refractivity contribution in [3.8, 4) is 0 Å². The lowest BCUT2D eigenvalue weighted by Crippen LogP contribution is -2.35. The molecule has 5 nitrogen and oxygen atoms in total. The number of rotatable bonds is 10. The quantitative estimate of drug-likeness (QED) is 0.492. The minimum absolute atomic E-state index is 0.333. The van der Waals surface area contributed by atoms with Crippen molar-refractivity contribution in [2.75, 3.05) is 31.1 Å². The van der Waals surface area contributed by atoms with Gasteiger partial charge in [0.1, 0.15) is 11.6 Å². The number of amides is 1. The molecule has 1 aromatic rings. The van der Waals surface area contributed by atoms with Gasteiger partial charge in [0.05, 0.1) is 0 Å². The van der Waals surface area contributed by atoms with Gasteiger partial charge >= 0.3 is 0 Å². The fourth-order valence-corrected chi connectivity index (χ4v) is 4.39. The van der Waals surface area contributed by atoms with Crippen molar-refractivity contribution >= 4 is 11.7 Å². The smallest absolute Gasteiger partial charge is 0.222 e. The highest BCUT2D eigenvalue weighted by atomic mass is 16.2. The standard InChI is InChI=1S/C24H42N4O/c1-6-7-8-9-10-11-12-14-22(29)27-15-13-16-28(18-17-27)24-23(19(2)3)20(4)25-21(5)26-24/h19H,6-18H2,1-5H3. The molecule has 1 fully saturated rings. The lowest BCUT2D eigenvalue weighted by atomic mass is 10.0. The number of hydrogen-bond donors (Lipinski definition) is 0. The first-order chi connectivity index (χ1) is 13.9. The molecule has 1 aliphatic rings. The third kappa shape index (κ3) is 7.27. The van der Waals surface area contributed by atoms with E-state index in [1.165, 1.54) is 44.1 Å². The number of aromatic nitrogens is 2. The van der Waals surface area contributed by atoms with Crippen LogP contribution in [0.25, 0.3) is 0 Å². The first kappa shape index (κ1) is 23.6. The van der Waals surface area contributed by atoms with Crippen molar-refractivity contribution in [2.24, 2.45) is 0 Å². The number of aryl methyl sites for hydroxylation is 2. The van der Waals surface area contributed by atoms with Gasteiger partial charge in [-0.3, -0.25) is 4.79 Å². The molecule has 29 heavy (non-hydrogen) atoms. The summed E-state index contributed by atoms with van der Waals surface area (Å²) in [5.41, 5.74) is 2.33. The molecule has 0 aromatic carbocycles. The maximum Gasteiger partial charge on any atom is 0.222 e. The molecule has 1 amide bonds. The molecule has 0 radical (unpaired) electrons. The second-order valence-corrected chi connectivity index (χ2v) is 8.84. The van der Waals surface area contributed by atoms with Crippen molar-refractivity contribution in [3.63, 3.8) is 0 Å². The number of carbonyl (C=O) groups is 1. The Kier molecular flexibility index (Phi) is 9.89. The van der Waals surface area contributed by atoms with E-state index >= 15 is 0 Å². The Labute approximate surface area is 178 Å². The number of nitrogens with zero attached hydrogens (tertiary/aromatic N) is 4.